The Morgan fingerprint density at radius 2 is 1.81 bits per heavy atom. The Kier molecular flexibility index (Phi) is 7.81. The Labute approximate surface area is 153 Å². The monoisotopic (exact) mass is 360 g/mol. The van der Waals surface area contributed by atoms with E-state index in [-0.39, 0.29) is 18.9 Å². The molecular formula is C19H24N2O5. The molecule has 1 rings (SSSR count). The lowest BCUT2D eigenvalue weighted by Crippen LogP contribution is -2.50. The van der Waals surface area contributed by atoms with E-state index < -0.39 is 23.6 Å². The molecule has 0 aromatic heterocycles. The number of ether oxygens (including phenoxy) is 2. The molecule has 0 bridgehead atoms. The number of methoxy groups -OCH3 is 1. The van der Waals surface area contributed by atoms with Crippen LogP contribution >= 0.6 is 0 Å². The maximum Gasteiger partial charge on any atom is 0.407 e. The maximum atomic E-state index is 12.3. The van der Waals surface area contributed by atoms with Crippen molar-refractivity contribution in [2.75, 3.05) is 20.3 Å². The highest BCUT2D eigenvalue weighted by molar-refractivity contribution is 5.98. The largest absolute Gasteiger partial charge is 0.444 e. The zero-order valence-electron chi connectivity index (χ0n) is 15.4. The molecule has 0 saturated heterocycles. The van der Waals surface area contributed by atoms with Crippen molar-refractivity contribution in [2.45, 2.75) is 32.4 Å². The van der Waals surface area contributed by atoms with Crippen molar-refractivity contribution >= 4 is 17.8 Å². The van der Waals surface area contributed by atoms with Crippen LogP contribution in [0.4, 0.5) is 4.79 Å². The molecule has 7 heteroatoms. The fourth-order valence-corrected chi connectivity index (χ4v) is 1.95. The van der Waals surface area contributed by atoms with E-state index in [4.69, 9.17) is 15.9 Å². The molecule has 0 radical (unpaired) electrons. The van der Waals surface area contributed by atoms with Gasteiger partial charge in [-0.25, -0.2) is 4.79 Å². The molecule has 1 aromatic carbocycles. The number of ketones is 1. The molecule has 2 N–H and O–H groups in total. The van der Waals surface area contributed by atoms with E-state index in [1.807, 2.05) is 0 Å². The number of nitrogens with one attached hydrogen (secondary N) is 2. The average Bonchev–Trinajstić information content (AvgIpc) is 2.57. The number of alkyl carbamates (subject to hydrolysis) is 1. The standard InChI is InChI=1S/C19H24N2O5/c1-6-13-7-9-14(10-8-13)17(23)21-15(16(22)12-25-5)11-20-18(24)26-19(2,3)4/h1,7-10,15H,11-12H2,2-5H3,(H,20,24)(H,21,23)/t15-/m0/s1. The fourth-order valence-electron chi connectivity index (χ4n) is 1.95. The summed E-state index contributed by atoms with van der Waals surface area (Å²) < 4.78 is 9.94. The van der Waals surface area contributed by atoms with Gasteiger partial charge in [0, 0.05) is 24.8 Å². The number of carbonyl (C=O) groups excluding carboxylic acids is 3. The molecule has 0 aliphatic heterocycles. The molecule has 0 spiro atoms. The van der Waals surface area contributed by atoms with Gasteiger partial charge in [-0.2, -0.15) is 0 Å². The minimum absolute atomic E-state index is 0.120. The normalized spacial score (nSPS) is 11.8. The number of Topliss-reactive ketones (excluding diaryl/α,β-unsaturated/α-hetero) is 1. The Bertz CT molecular complexity index is 683. The number of hydrogen-bond acceptors (Lipinski definition) is 5. The van der Waals surface area contributed by atoms with Crippen LogP contribution in [0.1, 0.15) is 36.7 Å². The van der Waals surface area contributed by atoms with Crippen LogP contribution < -0.4 is 10.6 Å². The van der Waals surface area contributed by atoms with Crippen LogP contribution in [0.2, 0.25) is 0 Å². The van der Waals surface area contributed by atoms with Crippen LogP contribution in [0.25, 0.3) is 0 Å². The Hall–Kier alpha value is -2.85. The SMILES string of the molecule is C#Cc1ccc(C(=O)N[C@@H](CNC(=O)OC(C)(C)C)C(=O)COC)cc1. The molecule has 1 aromatic rings. The summed E-state index contributed by atoms with van der Waals surface area (Å²) in [7, 11) is 1.37. The molecule has 0 heterocycles. The summed E-state index contributed by atoms with van der Waals surface area (Å²) in [6.07, 6.45) is 4.60. The van der Waals surface area contributed by atoms with Gasteiger partial charge in [0.1, 0.15) is 18.2 Å². The number of hydrogen-bond donors (Lipinski definition) is 2. The molecule has 26 heavy (non-hydrogen) atoms. The highest BCUT2D eigenvalue weighted by atomic mass is 16.6. The van der Waals surface area contributed by atoms with E-state index in [0.29, 0.717) is 11.1 Å². The second kappa shape index (κ2) is 9.59. The Morgan fingerprint density at radius 3 is 2.31 bits per heavy atom. The summed E-state index contributed by atoms with van der Waals surface area (Å²) in [5, 5.41) is 5.06. The summed E-state index contributed by atoms with van der Waals surface area (Å²) >= 11 is 0. The number of carbonyl (C=O) groups is 3. The van der Waals surface area contributed by atoms with E-state index in [1.54, 1.807) is 45.0 Å². The summed E-state index contributed by atoms with van der Waals surface area (Å²) in [4.78, 5) is 36.2. The minimum atomic E-state index is -0.956. The predicted octanol–water partition coefficient (Wildman–Crippen LogP) is 1.51. The zero-order valence-corrected chi connectivity index (χ0v) is 15.4. The molecule has 0 fully saturated rings. The van der Waals surface area contributed by atoms with Gasteiger partial charge >= 0.3 is 6.09 Å². The lowest BCUT2D eigenvalue weighted by atomic mass is 10.1. The Balaban J connectivity index is 2.76. The van der Waals surface area contributed by atoms with Crippen molar-refractivity contribution in [2.24, 2.45) is 0 Å². The summed E-state index contributed by atoms with van der Waals surface area (Å²) in [5.74, 6) is 1.61. The quantitative estimate of drug-likeness (QED) is 0.719. The van der Waals surface area contributed by atoms with Crippen molar-refractivity contribution in [3.05, 3.63) is 35.4 Å². The summed E-state index contributed by atoms with van der Waals surface area (Å²) in [6.45, 7) is 4.85. The van der Waals surface area contributed by atoms with Crippen molar-refractivity contribution in [1.82, 2.24) is 10.6 Å². The summed E-state index contributed by atoms with van der Waals surface area (Å²) in [5.41, 5.74) is 0.314. The van der Waals surface area contributed by atoms with Gasteiger partial charge in [-0.05, 0) is 45.0 Å². The first-order chi connectivity index (χ1) is 12.2. The smallest absolute Gasteiger partial charge is 0.407 e. The van der Waals surface area contributed by atoms with E-state index in [9.17, 15) is 14.4 Å². The van der Waals surface area contributed by atoms with E-state index in [1.165, 1.54) is 7.11 Å². The third-order valence-corrected chi connectivity index (χ3v) is 3.14. The van der Waals surface area contributed by atoms with Gasteiger partial charge in [-0.1, -0.05) is 5.92 Å². The molecule has 2 amide bonds. The molecular weight excluding hydrogens is 336 g/mol. The number of terminal acetylenes is 1. The molecule has 0 aliphatic rings. The van der Waals surface area contributed by atoms with Crippen LogP contribution in [-0.2, 0) is 14.3 Å². The molecule has 0 unspecified atom stereocenters. The first-order valence-corrected chi connectivity index (χ1v) is 8.02. The number of benzene rings is 1. The molecule has 0 aliphatic carbocycles. The van der Waals surface area contributed by atoms with Crippen molar-refractivity contribution in [3.8, 4) is 12.3 Å². The van der Waals surface area contributed by atoms with Gasteiger partial charge in [0.05, 0.1) is 0 Å². The predicted molar refractivity (Wildman–Crippen MR) is 96.8 cm³/mol. The fraction of sp³-hybridized carbons (Fsp3) is 0.421. The maximum absolute atomic E-state index is 12.3. The van der Waals surface area contributed by atoms with Gasteiger partial charge in [-0.3, -0.25) is 9.59 Å². The highest BCUT2D eigenvalue weighted by Crippen LogP contribution is 2.07. The van der Waals surface area contributed by atoms with Gasteiger partial charge < -0.3 is 20.1 Å². The Morgan fingerprint density at radius 1 is 1.19 bits per heavy atom. The van der Waals surface area contributed by atoms with Crippen LogP contribution in [0, 0.1) is 12.3 Å². The van der Waals surface area contributed by atoms with Crippen molar-refractivity contribution < 1.29 is 23.9 Å². The average molecular weight is 360 g/mol. The first-order valence-electron chi connectivity index (χ1n) is 8.02. The third kappa shape index (κ3) is 7.36. The molecule has 140 valence electrons. The molecule has 0 saturated carbocycles. The first kappa shape index (κ1) is 21.2. The summed E-state index contributed by atoms with van der Waals surface area (Å²) in [6, 6.07) is 5.41. The second-order valence-electron chi connectivity index (χ2n) is 6.53. The van der Waals surface area contributed by atoms with Crippen LogP contribution in [0.3, 0.4) is 0 Å². The van der Waals surface area contributed by atoms with Gasteiger partial charge in [-0.15, -0.1) is 6.42 Å². The van der Waals surface area contributed by atoms with Crippen molar-refractivity contribution in [1.29, 1.82) is 0 Å². The lowest BCUT2D eigenvalue weighted by Gasteiger charge is -2.22. The van der Waals surface area contributed by atoms with Crippen LogP contribution in [0.15, 0.2) is 24.3 Å². The second-order valence-corrected chi connectivity index (χ2v) is 6.53. The van der Waals surface area contributed by atoms with Gasteiger partial charge in [0.2, 0.25) is 0 Å². The molecule has 1 atom stereocenters. The third-order valence-electron chi connectivity index (χ3n) is 3.14. The lowest BCUT2D eigenvalue weighted by molar-refractivity contribution is -0.124. The highest BCUT2D eigenvalue weighted by Gasteiger charge is 2.23. The van der Waals surface area contributed by atoms with Gasteiger partial charge in [0.15, 0.2) is 5.78 Å². The molecule has 7 nitrogen and oxygen atoms in total. The number of rotatable bonds is 7. The van der Waals surface area contributed by atoms with E-state index in [2.05, 4.69) is 16.6 Å². The zero-order chi connectivity index (χ0) is 19.7. The van der Waals surface area contributed by atoms with E-state index in [0.717, 1.165) is 0 Å². The topological polar surface area (TPSA) is 93.7 Å². The van der Waals surface area contributed by atoms with Crippen LogP contribution in [-0.4, -0.2) is 49.7 Å². The van der Waals surface area contributed by atoms with E-state index >= 15 is 0 Å². The van der Waals surface area contributed by atoms with Crippen LogP contribution in [0.5, 0.6) is 0 Å². The van der Waals surface area contributed by atoms with Crippen molar-refractivity contribution in [3.63, 3.8) is 0 Å². The number of amides is 2. The minimum Gasteiger partial charge on any atom is -0.444 e. The van der Waals surface area contributed by atoms with Gasteiger partial charge in [0.25, 0.3) is 5.91 Å².